The van der Waals surface area contributed by atoms with Gasteiger partial charge in [-0.05, 0) is 64.6 Å². The molecule has 0 atom stereocenters. The second kappa shape index (κ2) is 7.82. The Morgan fingerprint density at radius 1 is 0.952 bits per heavy atom. The van der Waals surface area contributed by atoms with Crippen LogP contribution in [0.1, 0.15) is 58.3 Å². The lowest BCUT2D eigenvalue weighted by molar-refractivity contribution is -0.182. The number of halogens is 3. The molecule has 1 heterocycles. The molecule has 2 nitrogen and oxygen atoms in total. The van der Waals surface area contributed by atoms with E-state index in [4.69, 9.17) is 0 Å². The van der Waals surface area contributed by atoms with Gasteiger partial charge in [-0.15, -0.1) is 0 Å². The van der Waals surface area contributed by atoms with Crippen LogP contribution >= 0.6 is 0 Å². The van der Waals surface area contributed by atoms with Crippen molar-refractivity contribution in [2.24, 2.45) is 5.92 Å². The number of hydrogen-bond donors (Lipinski definition) is 1. The molecule has 0 radical (unpaired) electrons. The zero-order valence-electron chi connectivity index (χ0n) is 13.1. The smallest absolute Gasteiger partial charge is 0.311 e. The van der Waals surface area contributed by atoms with E-state index in [0.29, 0.717) is 37.8 Å². The predicted molar refractivity (Wildman–Crippen MR) is 79.3 cm³/mol. The summed E-state index contributed by atoms with van der Waals surface area (Å²) in [5.74, 6) is -1.06. The van der Waals surface area contributed by atoms with Crippen molar-refractivity contribution in [1.82, 2.24) is 10.2 Å². The minimum absolute atomic E-state index is 0.302. The number of nitrogens with one attached hydrogen (secondary N) is 1. The molecule has 0 amide bonds. The predicted octanol–water partition coefficient (Wildman–Crippen LogP) is 3.96. The number of nitrogens with zero attached hydrogens (tertiary/aromatic N) is 1. The van der Waals surface area contributed by atoms with Gasteiger partial charge < -0.3 is 10.2 Å². The van der Waals surface area contributed by atoms with Gasteiger partial charge >= 0.3 is 6.18 Å². The third-order valence-corrected chi connectivity index (χ3v) is 5.08. The second-order valence-corrected chi connectivity index (χ2v) is 6.73. The molecule has 0 unspecified atom stereocenters. The van der Waals surface area contributed by atoms with Gasteiger partial charge in [0.2, 0.25) is 0 Å². The molecule has 2 aliphatic rings. The van der Waals surface area contributed by atoms with Crippen molar-refractivity contribution in [2.45, 2.75) is 76.6 Å². The zero-order chi connectivity index (χ0) is 15.3. The maximum absolute atomic E-state index is 12.6. The number of piperidine rings is 1. The van der Waals surface area contributed by atoms with Gasteiger partial charge in [-0.2, -0.15) is 13.2 Å². The zero-order valence-corrected chi connectivity index (χ0v) is 13.1. The van der Waals surface area contributed by atoms with Crippen molar-refractivity contribution in [3.05, 3.63) is 0 Å². The van der Waals surface area contributed by atoms with Gasteiger partial charge in [0.15, 0.2) is 0 Å². The van der Waals surface area contributed by atoms with Crippen molar-refractivity contribution < 1.29 is 13.2 Å². The lowest BCUT2D eigenvalue weighted by Gasteiger charge is -2.37. The highest BCUT2D eigenvalue weighted by atomic mass is 19.4. The molecule has 21 heavy (non-hydrogen) atoms. The number of likely N-dealkylation sites (tertiary alicyclic amines) is 1. The quantitative estimate of drug-likeness (QED) is 0.827. The van der Waals surface area contributed by atoms with Crippen molar-refractivity contribution in [3.8, 4) is 0 Å². The molecule has 0 aromatic rings. The topological polar surface area (TPSA) is 15.3 Å². The van der Waals surface area contributed by atoms with E-state index in [9.17, 15) is 13.2 Å². The van der Waals surface area contributed by atoms with E-state index in [1.807, 2.05) is 0 Å². The minimum atomic E-state index is -3.99. The van der Waals surface area contributed by atoms with Gasteiger partial charge in [-0.3, -0.25) is 0 Å². The van der Waals surface area contributed by atoms with Gasteiger partial charge in [0, 0.05) is 12.1 Å². The highest BCUT2D eigenvalue weighted by Gasteiger charge is 2.41. The SMILES string of the molecule is CCCCN1CCC(NC2CCC(C(F)(F)F)CC2)CC1. The number of unbranched alkanes of at least 4 members (excludes halogenated alkanes) is 1. The molecule has 5 heteroatoms. The maximum Gasteiger partial charge on any atom is 0.391 e. The van der Waals surface area contributed by atoms with Gasteiger partial charge in [-0.25, -0.2) is 0 Å². The van der Waals surface area contributed by atoms with Gasteiger partial charge in [0.05, 0.1) is 5.92 Å². The van der Waals surface area contributed by atoms with E-state index in [2.05, 4.69) is 17.1 Å². The van der Waals surface area contributed by atoms with Crippen molar-refractivity contribution in [2.75, 3.05) is 19.6 Å². The first-order valence-corrected chi connectivity index (χ1v) is 8.54. The third kappa shape index (κ3) is 5.44. The van der Waals surface area contributed by atoms with E-state index < -0.39 is 12.1 Å². The summed E-state index contributed by atoms with van der Waals surface area (Å²) >= 11 is 0. The van der Waals surface area contributed by atoms with Gasteiger partial charge in [-0.1, -0.05) is 13.3 Å². The first kappa shape index (κ1) is 17.1. The Labute approximate surface area is 126 Å². The lowest BCUT2D eigenvalue weighted by atomic mass is 9.85. The van der Waals surface area contributed by atoms with Crippen molar-refractivity contribution in [3.63, 3.8) is 0 Å². The Bertz CT molecular complexity index is 290. The molecule has 1 aliphatic heterocycles. The Morgan fingerprint density at radius 3 is 2.05 bits per heavy atom. The summed E-state index contributed by atoms with van der Waals surface area (Å²) in [5.41, 5.74) is 0. The van der Waals surface area contributed by atoms with Crippen LogP contribution in [0.4, 0.5) is 13.2 Å². The van der Waals surface area contributed by atoms with E-state index in [-0.39, 0.29) is 0 Å². The summed E-state index contributed by atoms with van der Waals surface area (Å²) in [5, 5.41) is 3.61. The fourth-order valence-electron chi connectivity index (χ4n) is 3.63. The Kier molecular flexibility index (Phi) is 6.35. The number of rotatable bonds is 5. The van der Waals surface area contributed by atoms with Crippen LogP contribution in [0.2, 0.25) is 0 Å². The van der Waals surface area contributed by atoms with Gasteiger partial charge in [0.1, 0.15) is 0 Å². The Morgan fingerprint density at radius 2 is 1.52 bits per heavy atom. The van der Waals surface area contributed by atoms with E-state index in [1.165, 1.54) is 19.4 Å². The summed E-state index contributed by atoms with van der Waals surface area (Å²) in [6.07, 6.45) is 2.76. The van der Waals surface area contributed by atoms with Gasteiger partial charge in [0.25, 0.3) is 0 Å². The molecule has 1 saturated carbocycles. The molecule has 0 bridgehead atoms. The average Bonchev–Trinajstić information content (AvgIpc) is 2.46. The molecule has 124 valence electrons. The molecule has 1 aliphatic carbocycles. The van der Waals surface area contributed by atoms with Crippen LogP contribution in [0, 0.1) is 5.92 Å². The standard InChI is InChI=1S/C16H29F3N2/c1-2-3-10-21-11-8-15(9-12-21)20-14-6-4-13(5-7-14)16(17,18)19/h13-15,20H,2-12H2,1H3. The molecule has 0 aromatic heterocycles. The summed E-state index contributed by atoms with van der Waals surface area (Å²) in [6.45, 7) is 5.68. The monoisotopic (exact) mass is 306 g/mol. The fourth-order valence-corrected chi connectivity index (χ4v) is 3.63. The minimum Gasteiger partial charge on any atom is -0.311 e. The first-order valence-electron chi connectivity index (χ1n) is 8.54. The molecular weight excluding hydrogens is 277 g/mol. The average molecular weight is 306 g/mol. The first-order chi connectivity index (χ1) is 9.99. The van der Waals surface area contributed by atoms with Crippen LogP contribution in [-0.2, 0) is 0 Å². The largest absolute Gasteiger partial charge is 0.391 e. The van der Waals surface area contributed by atoms with E-state index in [0.717, 1.165) is 25.9 Å². The molecule has 2 rings (SSSR count). The van der Waals surface area contributed by atoms with Crippen LogP contribution < -0.4 is 5.32 Å². The molecule has 0 spiro atoms. The highest BCUT2D eigenvalue weighted by molar-refractivity contribution is 4.85. The maximum atomic E-state index is 12.6. The van der Waals surface area contributed by atoms with Crippen LogP contribution in [0.15, 0.2) is 0 Å². The molecule has 0 aromatic carbocycles. The molecule has 1 saturated heterocycles. The van der Waals surface area contributed by atoms with E-state index >= 15 is 0 Å². The molecule has 2 fully saturated rings. The summed E-state index contributed by atoms with van der Waals surface area (Å²) < 4.78 is 37.9. The Hall–Kier alpha value is -0.290. The Balaban J connectivity index is 1.64. The highest BCUT2D eigenvalue weighted by Crippen LogP contribution is 2.37. The van der Waals surface area contributed by atoms with Crippen LogP contribution in [-0.4, -0.2) is 42.8 Å². The van der Waals surface area contributed by atoms with Crippen molar-refractivity contribution in [1.29, 1.82) is 0 Å². The molecule has 1 N–H and O–H groups in total. The third-order valence-electron chi connectivity index (χ3n) is 5.08. The number of alkyl halides is 3. The number of hydrogen-bond acceptors (Lipinski definition) is 2. The van der Waals surface area contributed by atoms with Crippen LogP contribution in [0.25, 0.3) is 0 Å². The van der Waals surface area contributed by atoms with Crippen LogP contribution in [0.3, 0.4) is 0 Å². The van der Waals surface area contributed by atoms with E-state index in [1.54, 1.807) is 0 Å². The van der Waals surface area contributed by atoms with Crippen LogP contribution in [0.5, 0.6) is 0 Å². The summed E-state index contributed by atoms with van der Waals surface area (Å²) in [7, 11) is 0. The second-order valence-electron chi connectivity index (χ2n) is 6.73. The summed E-state index contributed by atoms with van der Waals surface area (Å²) in [4.78, 5) is 2.52. The fraction of sp³-hybridized carbons (Fsp3) is 1.00. The summed E-state index contributed by atoms with van der Waals surface area (Å²) in [6, 6.07) is 0.811. The normalized spacial score (nSPS) is 29.7. The molecular formula is C16H29F3N2. The lowest BCUT2D eigenvalue weighted by Crippen LogP contribution is -2.47. The van der Waals surface area contributed by atoms with Crippen molar-refractivity contribution >= 4 is 0 Å².